The fraction of sp³-hybridized carbons (Fsp3) is 0. The Labute approximate surface area is 143 Å². The van der Waals surface area contributed by atoms with Crippen LogP contribution in [0.25, 0.3) is 11.3 Å². The number of hydrazone groups is 1. The molecule has 1 aromatic heterocycles. The van der Waals surface area contributed by atoms with Gasteiger partial charge in [-0.15, -0.1) is 0 Å². The highest BCUT2D eigenvalue weighted by Crippen LogP contribution is 2.27. The maximum absolute atomic E-state index is 11.0. The van der Waals surface area contributed by atoms with Crippen molar-refractivity contribution in [3.8, 4) is 11.3 Å². The van der Waals surface area contributed by atoms with E-state index in [1.54, 1.807) is 30.5 Å². The first-order valence-electron chi connectivity index (χ1n) is 7.10. The van der Waals surface area contributed by atoms with Gasteiger partial charge in [-0.25, -0.2) is 4.79 Å². The van der Waals surface area contributed by atoms with Gasteiger partial charge in [0.2, 0.25) is 0 Å². The molecule has 24 heavy (non-hydrogen) atoms. The van der Waals surface area contributed by atoms with Crippen LogP contribution in [-0.4, -0.2) is 17.3 Å². The number of carboxylic acids is 1. The molecule has 1 heterocycles. The van der Waals surface area contributed by atoms with Crippen LogP contribution in [0.2, 0.25) is 5.02 Å². The van der Waals surface area contributed by atoms with Crippen LogP contribution in [0.5, 0.6) is 0 Å². The van der Waals surface area contributed by atoms with E-state index in [0.29, 0.717) is 17.1 Å². The minimum atomic E-state index is -1.06. The molecule has 0 atom stereocenters. The molecule has 5 nitrogen and oxygen atoms in total. The second-order valence-corrected chi connectivity index (χ2v) is 5.35. The molecule has 0 fully saturated rings. The largest absolute Gasteiger partial charge is 0.478 e. The van der Waals surface area contributed by atoms with Crippen LogP contribution in [0, 0.1) is 0 Å². The average Bonchev–Trinajstić information content (AvgIpc) is 3.04. The molecule has 0 aliphatic rings. The number of carboxylic acid groups (broad SMARTS) is 1. The summed E-state index contributed by atoms with van der Waals surface area (Å²) in [6.07, 6.45) is 1.56. The molecule has 0 amide bonds. The van der Waals surface area contributed by atoms with Gasteiger partial charge in [0.15, 0.2) is 0 Å². The Morgan fingerprint density at radius 3 is 2.62 bits per heavy atom. The van der Waals surface area contributed by atoms with Crippen molar-refractivity contribution in [2.75, 3.05) is 5.43 Å². The van der Waals surface area contributed by atoms with Crippen LogP contribution in [-0.2, 0) is 0 Å². The second-order valence-electron chi connectivity index (χ2n) is 4.94. The van der Waals surface area contributed by atoms with Crippen LogP contribution in [0.3, 0.4) is 0 Å². The fourth-order valence-corrected chi connectivity index (χ4v) is 2.36. The molecule has 0 radical (unpaired) electrons. The van der Waals surface area contributed by atoms with Gasteiger partial charge < -0.3 is 9.52 Å². The smallest absolute Gasteiger partial charge is 0.337 e. The summed E-state index contributed by atoms with van der Waals surface area (Å²) >= 11 is 5.97. The van der Waals surface area contributed by atoms with Crippen LogP contribution in [0.4, 0.5) is 5.69 Å². The summed E-state index contributed by atoms with van der Waals surface area (Å²) in [6.45, 7) is 0. The molecule has 0 aliphatic heterocycles. The lowest BCUT2D eigenvalue weighted by Gasteiger charge is -2.01. The van der Waals surface area contributed by atoms with Gasteiger partial charge in [-0.2, -0.15) is 5.10 Å². The first-order chi connectivity index (χ1) is 11.6. The molecule has 2 aromatic carbocycles. The second kappa shape index (κ2) is 7.02. The third kappa shape index (κ3) is 3.64. The van der Waals surface area contributed by atoms with Crippen molar-refractivity contribution in [3.05, 3.63) is 77.0 Å². The number of anilines is 1. The number of para-hydroxylation sites is 1. The summed E-state index contributed by atoms with van der Waals surface area (Å²) in [5.74, 6) is 0.0765. The van der Waals surface area contributed by atoms with Crippen molar-refractivity contribution in [2.24, 2.45) is 5.10 Å². The van der Waals surface area contributed by atoms with E-state index in [1.165, 1.54) is 6.07 Å². The third-order valence-corrected chi connectivity index (χ3v) is 3.58. The van der Waals surface area contributed by atoms with Crippen molar-refractivity contribution < 1.29 is 14.3 Å². The van der Waals surface area contributed by atoms with E-state index in [1.807, 2.05) is 30.3 Å². The lowest BCUT2D eigenvalue weighted by atomic mass is 10.1. The summed E-state index contributed by atoms with van der Waals surface area (Å²) in [6, 6.07) is 17.8. The van der Waals surface area contributed by atoms with Gasteiger partial charge in [0, 0.05) is 5.56 Å². The number of benzene rings is 2. The summed E-state index contributed by atoms with van der Waals surface area (Å²) in [7, 11) is 0. The van der Waals surface area contributed by atoms with Crippen LogP contribution in [0.15, 0.2) is 70.2 Å². The van der Waals surface area contributed by atoms with Gasteiger partial charge in [0.05, 0.1) is 22.5 Å². The minimum absolute atomic E-state index is 0.0563. The average molecular weight is 341 g/mol. The molecule has 0 unspecified atom stereocenters. The van der Waals surface area contributed by atoms with Gasteiger partial charge in [-0.05, 0) is 36.4 Å². The zero-order valence-electron chi connectivity index (χ0n) is 12.4. The Morgan fingerprint density at radius 1 is 1.12 bits per heavy atom. The van der Waals surface area contributed by atoms with E-state index in [9.17, 15) is 4.79 Å². The lowest BCUT2D eigenvalue weighted by molar-refractivity contribution is 0.0697. The van der Waals surface area contributed by atoms with Crippen molar-refractivity contribution >= 4 is 29.5 Å². The molecule has 3 aromatic rings. The van der Waals surface area contributed by atoms with E-state index >= 15 is 0 Å². The highest BCUT2D eigenvalue weighted by Gasteiger charge is 2.11. The summed E-state index contributed by atoms with van der Waals surface area (Å²) < 4.78 is 5.67. The highest BCUT2D eigenvalue weighted by molar-refractivity contribution is 6.33. The normalized spacial score (nSPS) is 10.9. The molecule has 0 aliphatic carbocycles. The Balaban J connectivity index is 1.73. The first kappa shape index (κ1) is 15.8. The SMILES string of the molecule is O=C(O)c1ccc(-c2ccc(/C=N\Nc3ccccc3)o2)cc1Cl. The van der Waals surface area contributed by atoms with Gasteiger partial charge in [-0.3, -0.25) is 5.43 Å². The molecule has 2 N–H and O–H groups in total. The topological polar surface area (TPSA) is 74.8 Å². The van der Waals surface area contributed by atoms with E-state index in [-0.39, 0.29) is 10.6 Å². The standard InChI is InChI=1S/C18H13ClN2O3/c19-16-10-12(6-8-15(16)18(22)23)17-9-7-14(24-17)11-20-21-13-4-2-1-3-5-13/h1-11,21H,(H,22,23)/b20-11-. The number of furan rings is 1. The van der Waals surface area contributed by atoms with Crippen molar-refractivity contribution in [3.63, 3.8) is 0 Å². The Morgan fingerprint density at radius 2 is 1.92 bits per heavy atom. The zero-order chi connectivity index (χ0) is 16.9. The number of nitrogens with zero attached hydrogens (tertiary/aromatic N) is 1. The first-order valence-corrected chi connectivity index (χ1v) is 7.48. The van der Waals surface area contributed by atoms with Crippen LogP contribution >= 0.6 is 11.6 Å². The van der Waals surface area contributed by atoms with Crippen molar-refractivity contribution in [2.45, 2.75) is 0 Å². The molecule has 0 bridgehead atoms. The molecule has 6 heteroatoms. The third-order valence-electron chi connectivity index (χ3n) is 3.27. The number of rotatable bonds is 5. The predicted molar refractivity (Wildman–Crippen MR) is 93.8 cm³/mol. The minimum Gasteiger partial charge on any atom is -0.478 e. The number of nitrogens with one attached hydrogen (secondary N) is 1. The van der Waals surface area contributed by atoms with Gasteiger partial charge >= 0.3 is 5.97 Å². The highest BCUT2D eigenvalue weighted by atomic mass is 35.5. The lowest BCUT2D eigenvalue weighted by Crippen LogP contribution is -1.96. The molecule has 0 spiro atoms. The molecular formula is C18H13ClN2O3. The van der Waals surface area contributed by atoms with Crippen LogP contribution in [0.1, 0.15) is 16.1 Å². The summed E-state index contributed by atoms with van der Waals surface area (Å²) in [5, 5.41) is 13.3. The molecule has 120 valence electrons. The van der Waals surface area contributed by atoms with E-state index in [2.05, 4.69) is 10.5 Å². The fourth-order valence-electron chi connectivity index (χ4n) is 2.10. The van der Waals surface area contributed by atoms with E-state index in [4.69, 9.17) is 21.1 Å². The maximum atomic E-state index is 11.0. The van der Waals surface area contributed by atoms with E-state index < -0.39 is 5.97 Å². The number of hydrogen-bond donors (Lipinski definition) is 2. The monoisotopic (exact) mass is 340 g/mol. The predicted octanol–water partition coefficient (Wildman–Crippen LogP) is 4.74. The van der Waals surface area contributed by atoms with E-state index in [0.717, 1.165) is 5.69 Å². The summed E-state index contributed by atoms with van der Waals surface area (Å²) in [5.41, 5.74) is 4.52. The van der Waals surface area contributed by atoms with Gasteiger partial charge in [0.25, 0.3) is 0 Å². The molecule has 0 saturated carbocycles. The molecular weight excluding hydrogens is 328 g/mol. The molecule has 3 rings (SSSR count). The van der Waals surface area contributed by atoms with Crippen LogP contribution < -0.4 is 5.43 Å². The quantitative estimate of drug-likeness (QED) is 0.519. The van der Waals surface area contributed by atoms with Crippen molar-refractivity contribution in [1.29, 1.82) is 0 Å². The van der Waals surface area contributed by atoms with Gasteiger partial charge in [0.1, 0.15) is 11.5 Å². The Bertz CT molecular complexity index is 888. The molecule has 0 saturated heterocycles. The number of hydrogen-bond acceptors (Lipinski definition) is 4. The summed E-state index contributed by atoms with van der Waals surface area (Å²) in [4.78, 5) is 11.0. The number of halogens is 1. The Hall–Kier alpha value is -3.05. The van der Waals surface area contributed by atoms with Gasteiger partial charge in [-0.1, -0.05) is 35.9 Å². The Kier molecular flexibility index (Phi) is 4.63. The maximum Gasteiger partial charge on any atom is 0.337 e. The van der Waals surface area contributed by atoms with Crippen molar-refractivity contribution in [1.82, 2.24) is 0 Å². The zero-order valence-corrected chi connectivity index (χ0v) is 13.2. The number of carbonyl (C=O) groups is 1. The number of aromatic carboxylic acids is 1.